The third kappa shape index (κ3) is 1.59. The molecule has 1 aromatic heterocycles. The summed E-state index contributed by atoms with van der Waals surface area (Å²) >= 11 is 0. The van der Waals surface area contributed by atoms with Crippen molar-refractivity contribution in [3.8, 4) is 0 Å². The molecular formula is C12H15N3O2. The average molecular weight is 233 g/mol. The number of nitrogens with one attached hydrogen (secondary N) is 1. The Kier molecular flexibility index (Phi) is 2.31. The van der Waals surface area contributed by atoms with E-state index in [1.807, 2.05) is 18.2 Å². The molecule has 1 aliphatic heterocycles. The van der Waals surface area contributed by atoms with Crippen LogP contribution in [0.15, 0.2) is 27.4 Å². The van der Waals surface area contributed by atoms with Gasteiger partial charge in [0.1, 0.15) is 0 Å². The fraction of sp³-hybridized carbons (Fsp3) is 0.417. The number of aromatic nitrogens is 1. The molecule has 0 saturated carbocycles. The maximum Gasteiger partial charge on any atom is 0.419 e. The molecule has 1 unspecified atom stereocenters. The van der Waals surface area contributed by atoms with Crippen LogP contribution < -0.4 is 16.8 Å². The molecule has 1 aliphatic rings. The first-order chi connectivity index (χ1) is 8.16. The molecule has 0 aliphatic carbocycles. The van der Waals surface area contributed by atoms with Crippen LogP contribution in [0.4, 0.5) is 0 Å². The Morgan fingerprint density at radius 2 is 2.29 bits per heavy atom. The third-order valence-corrected chi connectivity index (χ3v) is 3.52. The van der Waals surface area contributed by atoms with Crippen molar-refractivity contribution in [1.82, 2.24) is 9.88 Å². The maximum atomic E-state index is 11.4. The summed E-state index contributed by atoms with van der Waals surface area (Å²) in [5.74, 6) is 0.138. The van der Waals surface area contributed by atoms with Crippen LogP contribution in [0.2, 0.25) is 0 Å². The van der Waals surface area contributed by atoms with Crippen molar-refractivity contribution in [3.63, 3.8) is 0 Å². The Bertz CT molecular complexity index is 610. The van der Waals surface area contributed by atoms with E-state index in [4.69, 9.17) is 10.2 Å². The summed E-state index contributed by atoms with van der Waals surface area (Å²) in [5.41, 5.74) is 8.61. The number of hydrogen-bond acceptors (Lipinski definition) is 4. The molecule has 1 aromatic carbocycles. The fourth-order valence-corrected chi connectivity index (χ4v) is 2.19. The van der Waals surface area contributed by atoms with Gasteiger partial charge in [0.15, 0.2) is 5.58 Å². The van der Waals surface area contributed by atoms with E-state index in [1.165, 1.54) is 4.57 Å². The SMILES string of the molecule is Cn1c(=O)oc2cc(C(N)C3CNC3)ccc21. The Morgan fingerprint density at radius 1 is 1.53 bits per heavy atom. The number of benzene rings is 1. The lowest BCUT2D eigenvalue weighted by molar-refractivity contribution is 0.295. The van der Waals surface area contributed by atoms with Crippen LogP contribution in [0.3, 0.4) is 0 Å². The van der Waals surface area contributed by atoms with E-state index in [0.717, 1.165) is 24.2 Å². The summed E-state index contributed by atoms with van der Waals surface area (Å²) < 4.78 is 6.65. The van der Waals surface area contributed by atoms with Gasteiger partial charge in [-0.05, 0) is 17.7 Å². The van der Waals surface area contributed by atoms with E-state index in [-0.39, 0.29) is 11.8 Å². The maximum absolute atomic E-state index is 11.4. The first-order valence-electron chi connectivity index (χ1n) is 5.72. The van der Waals surface area contributed by atoms with E-state index < -0.39 is 0 Å². The minimum absolute atomic E-state index is 0.00570. The topological polar surface area (TPSA) is 73.2 Å². The van der Waals surface area contributed by atoms with Crippen LogP contribution in [-0.2, 0) is 7.05 Å². The fourth-order valence-electron chi connectivity index (χ4n) is 2.19. The van der Waals surface area contributed by atoms with Crippen LogP contribution in [0.1, 0.15) is 11.6 Å². The smallest absolute Gasteiger partial charge is 0.408 e. The number of aryl methyl sites for hydroxylation is 1. The molecule has 5 nitrogen and oxygen atoms in total. The molecule has 1 atom stereocenters. The van der Waals surface area contributed by atoms with Crippen molar-refractivity contribution < 1.29 is 4.42 Å². The molecule has 1 fully saturated rings. The number of nitrogens with two attached hydrogens (primary N) is 1. The van der Waals surface area contributed by atoms with Crippen molar-refractivity contribution in [2.24, 2.45) is 18.7 Å². The molecule has 1 saturated heterocycles. The third-order valence-electron chi connectivity index (χ3n) is 3.52. The van der Waals surface area contributed by atoms with Gasteiger partial charge in [0, 0.05) is 32.1 Å². The standard InChI is InChI=1S/C12H15N3O2/c1-15-9-3-2-7(4-10(9)17-12(15)16)11(13)8-5-14-6-8/h2-4,8,11,14H,5-6,13H2,1H3. The first kappa shape index (κ1) is 10.6. The Balaban J connectivity index is 2.04. The summed E-state index contributed by atoms with van der Waals surface area (Å²) in [7, 11) is 1.70. The quantitative estimate of drug-likeness (QED) is 0.785. The van der Waals surface area contributed by atoms with Crippen molar-refractivity contribution in [2.75, 3.05) is 13.1 Å². The van der Waals surface area contributed by atoms with Gasteiger partial charge in [-0.15, -0.1) is 0 Å². The predicted molar refractivity (Wildman–Crippen MR) is 64.7 cm³/mol. The highest BCUT2D eigenvalue weighted by atomic mass is 16.4. The van der Waals surface area contributed by atoms with E-state index >= 15 is 0 Å². The van der Waals surface area contributed by atoms with Gasteiger partial charge in [0.2, 0.25) is 0 Å². The molecule has 0 amide bonds. The lowest BCUT2D eigenvalue weighted by Crippen LogP contribution is -2.47. The van der Waals surface area contributed by atoms with E-state index in [0.29, 0.717) is 11.5 Å². The minimum atomic E-state index is -0.337. The molecule has 3 N–H and O–H groups in total. The van der Waals surface area contributed by atoms with E-state index in [2.05, 4.69) is 5.32 Å². The molecule has 0 spiro atoms. The summed E-state index contributed by atoms with van der Waals surface area (Å²) in [6.45, 7) is 1.91. The van der Waals surface area contributed by atoms with E-state index in [1.54, 1.807) is 7.05 Å². The molecule has 90 valence electrons. The number of fused-ring (bicyclic) bond motifs is 1. The molecule has 2 aromatic rings. The highest BCUT2D eigenvalue weighted by Crippen LogP contribution is 2.25. The molecule has 0 radical (unpaired) electrons. The average Bonchev–Trinajstić information content (AvgIpc) is 2.52. The van der Waals surface area contributed by atoms with E-state index in [9.17, 15) is 4.79 Å². The van der Waals surface area contributed by atoms with Gasteiger partial charge in [0.05, 0.1) is 5.52 Å². The summed E-state index contributed by atoms with van der Waals surface area (Å²) in [5, 5.41) is 3.20. The summed E-state index contributed by atoms with van der Waals surface area (Å²) in [6, 6.07) is 5.74. The van der Waals surface area contributed by atoms with Crippen molar-refractivity contribution in [2.45, 2.75) is 6.04 Å². The number of nitrogens with zero attached hydrogens (tertiary/aromatic N) is 1. The molecular weight excluding hydrogens is 218 g/mol. The van der Waals surface area contributed by atoms with Gasteiger partial charge in [-0.1, -0.05) is 6.07 Å². The van der Waals surface area contributed by atoms with Crippen molar-refractivity contribution in [3.05, 3.63) is 34.3 Å². The van der Waals surface area contributed by atoms with Gasteiger partial charge in [-0.2, -0.15) is 0 Å². The van der Waals surface area contributed by atoms with Crippen LogP contribution >= 0.6 is 0 Å². The summed E-state index contributed by atoms with van der Waals surface area (Å²) in [6.07, 6.45) is 0. The van der Waals surface area contributed by atoms with Crippen molar-refractivity contribution in [1.29, 1.82) is 0 Å². The van der Waals surface area contributed by atoms with Gasteiger partial charge in [-0.3, -0.25) is 4.57 Å². The second-order valence-electron chi connectivity index (χ2n) is 4.60. The normalized spacial score (nSPS) is 18.2. The van der Waals surface area contributed by atoms with Gasteiger partial charge in [0.25, 0.3) is 0 Å². The van der Waals surface area contributed by atoms with Crippen LogP contribution in [0.5, 0.6) is 0 Å². The zero-order valence-corrected chi connectivity index (χ0v) is 9.64. The number of rotatable bonds is 2. The van der Waals surface area contributed by atoms with Crippen LogP contribution in [-0.4, -0.2) is 17.7 Å². The second kappa shape index (κ2) is 3.72. The monoisotopic (exact) mass is 233 g/mol. The van der Waals surface area contributed by atoms with Gasteiger partial charge >= 0.3 is 5.76 Å². The molecule has 0 bridgehead atoms. The Hall–Kier alpha value is -1.59. The second-order valence-corrected chi connectivity index (χ2v) is 4.60. The van der Waals surface area contributed by atoms with Crippen molar-refractivity contribution >= 4 is 11.1 Å². The first-order valence-corrected chi connectivity index (χ1v) is 5.72. The largest absolute Gasteiger partial charge is 0.419 e. The number of hydrogen-bond donors (Lipinski definition) is 2. The van der Waals surface area contributed by atoms with Crippen LogP contribution in [0.25, 0.3) is 11.1 Å². The van der Waals surface area contributed by atoms with Gasteiger partial charge in [-0.25, -0.2) is 4.79 Å². The zero-order valence-electron chi connectivity index (χ0n) is 9.64. The summed E-state index contributed by atoms with van der Waals surface area (Å²) in [4.78, 5) is 11.4. The molecule has 3 rings (SSSR count). The molecule has 5 heteroatoms. The zero-order chi connectivity index (χ0) is 12.0. The predicted octanol–water partition coefficient (Wildman–Crippen LogP) is 0.351. The van der Waals surface area contributed by atoms with Gasteiger partial charge < -0.3 is 15.5 Å². The Morgan fingerprint density at radius 3 is 2.94 bits per heavy atom. The minimum Gasteiger partial charge on any atom is -0.408 e. The molecule has 2 heterocycles. The number of oxazole rings is 1. The lowest BCUT2D eigenvalue weighted by atomic mass is 9.89. The highest BCUT2D eigenvalue weighted by molar-refractivity contribution is 5.73. The Labute approximate surface area is 98.2 Å². The lowest BCUT2D eigenvalue weighted by Gasteiger charge is -2.32. The van der Waals surface area contributed by atoms with Crippen LogP contribution in [0, 0.1) is 5.92 Å². The molecule has 17 heavy (non-hydrogen) atoms. The highest BCUT2D eigenvalue weighted by Gasteiger charge is 2.25.